The van der Waals surface area contributed by atoms with Gasteiger partial charge in [0.2, 0.25) is 17.6 Å². The van der Waals surface area contributed by atoms with Crippen molar-refractivity contribution in [3.8, 4) is 0 Å². The second kappa shape index (κ2) is 9.60. The highest BCUT2D eigenvalue weighted by Crippen LogP contribution is 2.29. The van der Waals surface area contributed by atoms with Gasteiger partial charge in [-0.1, -0.05) is 19.1 Å². The molecule has 1 unspecified atom stereocenters. The molecule has 0 spiro atoms. The number of morpholine rings is 1. The molecule has 0 bridgehead atoms. The minimum absolute atomic E-state index is 0.0815. The van der Waals surface area contributed by atoms with Gasteiger partial charge in [0.05, 0.1) is 31.2 Å². The number of rotatable bonds is 8. The molecule has 0 aliphatic carbocycles. The summed E-state index contributed by atoms with van der Waals surface area (Å²) in [6, 6.07) is 3.94. The number of ketones is 1. The van der Waals surface area contributed by atoms with Crippen LogP contribution in [0.2, 0.25) is 0 Å². The molecule has 1 fully saturated rings. The maximum absolute atomic E-state index is 13.9. The molecule has 32 heavy (non-hydrogen) atoms. The maximum Gasteiger partial charge on any atom is 0.315 e. The SMILES string of the molecule is CC[C@H](NC(=O)[C@@H](CC(C)(F)F)C1COCCN1C(N)=O)C(=O)c1nc2ccccc2o1. The standard InChI is InChI=1S/C21H26F2N4O5/c1-3-13(17(28)19-26-14-6-4-5-7-16(14)32-19)25-18(29)12(10-21(2,22)23)15-11-31-9-8-27(15)20(24)30/h4-7,12-13,15H,3,8-11H2,1-2H3,(H2,24,30)(H,25,29)/t12-,13-,15?/m0/s1. The zero-order valence-corrected chi connectivity index (χ0v) is 17.8. The third-order valence-corrected chi connectivity index (χ3v) is 5.37. The number of ether oxygens (including phenoxy) is 1. The Hall–Kier alpha value is -3.08. The van der Waals surface area contributed by atoms with Gasteiger partial charge in [0.25, 0.3) is 5.89 Å². The van der Waals surface area contributed by atoms with Gasteiger partial charge in [0, 0.05) is 13.0 Å². The molecule has 3 amide bonds. The van der Waals surface area contributed by atoms with E-state index in [-0.39, 0.29) is 32.1 Å². The fraction of sp³-hybridized carbons (Fsp3) is 0.524. The lowest BCUT2D eigenvalue weighted by atomic mass is 9.90. The van der Waals surface area contributed by atoms with Gasteiger partial charge in [0.15, 0.2) is 5.58 Å². The average Bonchev–Trinajstić information content (AvgIpc) is 3.19. The van der Waals surface area contributed by atoms with E-state index in [1.807, 2.05) is 0 Å². The number of alkyl halides is 2. The van der Waals surface area contributed by atoms with E-state index >= 15 is 0 Å². The van der Waals surface area contributed by atoms with Crippen molar-refractivity contribution in [2.24, 2.45) is 11.7 Å². The van der Waals surface area contributed by atoms with Crippen LogP contribution in [0, 0.1) is 5.92 Å². The number of halogens is 2. The zero-order valence-electron chi connectivity index (χ0n) is 17.8. The Bertz CT molecular complexity index is 957. The number of aromatic nitrogens is 1. The molecule has 1 aliphatic heterocycles. The van der Waals surface area contributed by atoms with Crippen LogP contribution in [0.3, 0.4) is 0 Å². The van der Waals surface area contributed by atoms with Crippen molar-refractivity contribution in [3.05, 3.63) is 30.2 Å². The van der Waals surface area contributed by atoms with Crippen LogP contribution < -0.4 is 11.1 Å². The fourth-order valence-electron chi connectivity index (χ4n) is 3.78. The molecule has 1 aromatic carbocycles. The number of hydrogen-bond donors (Lipinski definition) is 2. The number of hydrogen-bond acceptors (Lipinski definition) is 6. The molecule has 2 heterocycles. The third kappa shape index (κ3) is 5.39. The number of carbonyl (C=O) groups is 3. The molecule has 3 rings (SSSR count). The molecule has 0 saturated carbocycles. The van der Waals surface area contributed by atoms with Crippen LogP contribution in [0.15, 0.2) is 28.7 Å². The summed E-state index contributed by atoms with van der Waals surface area (Å²) >= 11 is 0. The quantitative estimate of drug-likeness (QED) is 0.592. The number of nitrogens with zero attached hydrogens (tertiary/aromatic N) is 2. The molecule has 1 saturated heterocycles. The second-order valence-electron chi connectivity index (χ2n) is 7.88. The number of nitrogens with one attached hydrogen (secondary N) is 1. The summed E-state index contributed by atoms with van der Waals surface area (Å²) in [4.78, 5) is 43.1. The van der Waals surface area contributed by atoms with E-state index in [1.165, 1.54) is 0 Å². The molecule has 9 nitrogen and oxygen atoms in total. The fourth-order valence-corrected chi connectivity index (χ4v) is 3.78. The van der Waals surface area contributed by atoms with E-state index in [9.17, 15) is 23.2 Å². The minimum atomic E-state index is -3.20. The summed E-state index contributed by atoms with van der Waals surface area (Å²) < 4.78 is 38.7. The Balaban J connectivity index is 1.82. The maximum atomic E-state index is 13.9. The molecule has 1 aliphatic rings. The van der Waals surface area contributed by atoms with E-state index in [0.29, 0.717) is 18.0 Å². The third-order valence-electron chi connectivity index (χ3n) is 5.37. The lowest BCUT2D eigenvalue weighted by Gasteiger charge is -2.39. The predicted octanol–water partition coefficient (Wildman–Crippen LogP) is 2.35. The average molecular weight is 452 g/mol. The van der Waals surface area contributed by atoms with Crippen LogP contribution in [0.25, 0.3) is 11.1 Å². The highest BCUT2D eigenvalue weighted by molar-refractivity contribution is 6.00. The number of urea groups is 1. The lowest BCUT2D eigenvalue weighted by Crippen LogP contribution is -2.58. The summed E-state index contributed by atoms with van der Waals surface area (Å²) in [6.07, 6.45) is -0.663. The molecule has 3 N–H and O–H groups in total. The predicted molar refractivity (Wildman–Crippen MR) is 110 cm³/mol. The molecular weight excluding hydrogens is 426 g/mol. The van der Waals surface area contributed by atoms with Crippen LogP contribution in [-0.2, 0) is 9.53 Å². The molecule has 1 aromatic heterocycles. The first-order valence-electron chi connectivity index (χ1n) is 10.3. The first-order chi connectivity index (χ1) is 15.1. The van der Waals surface area contributed by atoms with Gasteiger partial charge in [-0.25, -0.2) is 18.6 Å². The molecule has 0 radical (unpaired) electrons. The summed E-state index contributed by atoms with van der Waals surface area (Å²) in [7, 11) is 0. The topological polar surface area (TPSA) is 128 Å². The van der Waals surface area contributed by atoms with Gasteiger partial charge < -0.3 is 25.1 Å². The smallest absolute Gasteiger partial charge is 0.315 e. The number of primary amides is 1. The van der Waals surface area contributed by atoms with Gasteiger partial charge in [-0.15, -0.1) is 0 Å². The highest BCUT2D eigenvalue weighted by Gasteiger charge is 2.42. The van der Waals surface area contributed by atoms with Crippen LogP contribution in [0.1, 0.15) is 37.4 Å². The number of benzene rings is 1. The Labute approximate surface area is 183 Å². The Morgan fingerprint density at radius 1 is 1.34 bits per heavy atom. The molecular formula is C21H26F2N4O5. The van der Waals surface area contributed by atoms with Crippen molar-refractivity contribution >= 4 is 28.8 Å². The van der Waals surface area contributed by atoms with Crippen LogP contribution in [0.5, 0.6) is 0 Å². The van der Waals surface area contributed by atoms with Crippen LogP contribution in [-0.4, -0.2) is 65.4 Å². The van der Waals surface area contributed by atoms with Crippen molar-refractivity contribution < 1.29 is 32.3 Å². The summed E-state index contributed by atoms with van der Waals surface area (Å²) in [5.74, 6) is -6.10. The number of nitrogens with two attached hydrogens (primary N) is 1. The van der Waals surface area contributed by atoms with E-state index in [0.717, 1.165) is 4.90 Å². The van der Waals surface area contributed by atoms with Gasteiger partial charge in [0.1, 0.15) is 5.52 Å². The number of amides is 3. The highest BCUT2D eigenvalue weighted by atomic mass is 19.3. The van der Waals surface area contributed by atoms with E-state index in [1.54, 1.807) is 31.2 Å². The largest absolute Gasteiger partial charge is 0.434 e. The molecule has 11 heteroatoms. The Morgan fingerprint density at radius 3 is 2.69 bits per heavy atom. The monoisotopic (exact) mass is 452 g/mol. The first kappa shape index (κ1) is 23.6. The molecule has 174 valence electrons. The van der Waals surface area contributed by atoms with Crippen LogP contribution >= 0.6 is 0 Å². The first-order valence-corrected chi connectivity index (χ1v) is 10.3. The number of Topliss-reactive ketones (excluding diaryl/α,β-unsaturated/α-hetero) is 1. The summed E-state index contributed by atoms with van der Waals surface area (Å²) in [6.45, 7) is 2.50. The van der Waals surface area contributed by atoms with Gasteiger partial charge in [-0.05, 0) is 25.5 Å². The number of oxazole rings is 1. The Morgan fingerprint density at radius 2 is 2.06 bits per heavy atom. The van der Waals surface area contributed by atoms with Crippen molar-refractivity contribution in [1.82, 2.24) is 15.2 Å². The van der Waals surface area contributed by atoms with Crippen molar-refractivity contribution in [2.45, 2.75) is 44.7 Å². The second-order valence-corrected chi connectivity index (χ2v) is 7.88. The molecule has 3 atom stereocenters. The van der Waals surface area contributed by atoms with Gasteiger partial charge in [-0.2, -0.15) is 0 Å². The van der Waals surface area contributed by atoms with E-state index in [4.69, 9.17) is 14.9 Å². The van der Waals surface area contributed by atoms with Gasteiger partial charge in [-0.3, -0.25) is 9.59 Å². The summed E-state index contributed by atoms with van der Waals surface area (Å²) in [5.41, 5.74) is 6.28. The van der Waals surface area contributed by atoms with Crippen molar-refractivity contribution in [2.75, 3.05) is 19.8 Å². The zero-order chi connectivity index (χ0) is 23.5. The number of para-hydroxylation sites is 2. The van der Waals surface area contributed by atoms with Crippen LogP contribution in [0.4, 0.5) is 13.6 Å². The molecule has 2 aromatic rings. The van der Waals surface area contributed by atoms with Crippen molar-refractivity contribution in [3.63, 3.8) is 0 Å². The minimum Gasteiger partial charge on any atom is -0.434 e. The Kier molecular flexibility index (Phi) is 7.07. The van der Waals surface area contributed by atoms with E-state index in [2.05, 4.69) is 10.3 Å². The normalized spacial score (nSPS) is 18.9. The van der Waals surface area contributed by atoms with E-state index < -0.39 is 48.1 Å². The lowest BCUT2D eigenvalue weighted by molar-refractivity contribution is -0.134. The number of fused-ring (bicyclic) bond motifs is 1. The summed E-state index contributed by atoms with van der Waals surface area (Å²) in [5, 5.41) is 2.53. The van der Waals surface area contributed by atoms with Gasteiger partial charge >= 0.3 is 6.03 Å². The van der Waals surface area contributed by atoms with Crippen molar-refractivity contribution in [1.29, 1.82) is 0 Å². The number of carbonyl (C=O) groups excluding carboxylic acids is 3.